The van der Waals surface area contributed by atoms with Crippen molar-refractivity contribution < 1.29 is 0 Å². The Morgan fingerprint density at radius 2 is 1.33 bits per heavy atom. The van der Waals surface area contributed by atoms with Crippen LogP contribution in [0.15, 0.2) is 0 Å². The van der Waals surface area contributed by atoms with Gasteiger partial charge in [0.25, 0.3) is 0 Å². The maximum Gasteiger partial charge on any atom is 0.00767 e. The van der Waals surface area contributed by atoms with Gasteiger partial charge in [0.15, 0.2) is 0 Å². The molecule has 1 aliphatic heterocycles. The van der Waals surface area contributed by atoms with Crippen LogP contribution in [0.4, 0.5) is 0 Å². The average molecular weight is 171 g/mol. The van der Waals surface area contributed by atoms with Crippen molar-refractivity contribution in [2.24, 2.45) is 0 Å². The second-order valence-electron chi connectivity index (χ2n) is 3.51. The molecular formula is C9H21N3. The summed E-state index contributed by atoms with van der Waals surface area (Å²) in [5.74, 6) is 0. The van der Waals surface area contributed by atoms with Gasteiger partial charge in [-0.1, -0.05) is 0 Å². The molecule has 72 valence electrons. The molecule has 0 aromatic rings. The lowest BCUT2D eigenvalue weighted by molar-refractivity contribution is 0.325. The zero-order chi connectivity index (χ0) is 8.65. The third-order valence-electron chi connectivity index (χ3n) is 2.27. The summed E-state index contributed by atoms with van der Waals surface area (Å²) < 4.78 is 0. The molecule has 3 nitrogen and oxygen atoms in total. The first-order valence-electron chi connectivity index (χ1n) is 4.99. The maximum absolute atomic E-state index is 3.41. The summed E-state index contributed by atoms with van der Waals surface area (Å²) in [5.41, 5.74) is 0. The van der Waals surface area contributed by atoms with Gasteiger partial charge in [0.2, 0.25) is 0 Å². The minimum atomic E-state index is 1.11. The molecule has 0 unspecified atom stereocenters. The van der Waals surface area contributed by atoms with Gasteiger partial charge in [0.05, 0.1) is 0 Å². The summed E-state index contributed by atoms with van der Waals surface area (Å²) in [6.45, 7) is 7.01. The van der Waals surface area contributed by atoms with Crippen LogP contribution in [0.25, 0.3) is 0 Å². The first kappa shape index (κ1) is 9.96. The van der Waals surface area contributed by atoms with Crippen molar-refractivity contribution in [3.63, 3.8) is 0 Å². The van der Waals surface area contributed by atoms with Crippen molar-refractivity contribution in [3.05, 3.63) is 0 Å². The van der Waals surface area contributed by atoms with Gasteiger partial charge in [0.1, 0.15) is 0 Å². The molecule has 2 N–H and O–H groups in total. The SMILES string of the molecule is CN1CCCNCCNCCC1. The van der Waals surface area contributed by atoms with Crippen molar-refractivity contribution >= 4 is 0 Å². The van der Waals surface area contributed by atoms with Crippen molar-refractivity contribution in [1.82, 2.24) is 15.5 Å². The van der Waals surface area contributed by atoms with E-state index in [0.29, 0.717) is 0 Å². The van der Waals surface area contributed by atoms with Crippen molar-refractivity contribution in [2.45, 2.75) is 12.8 Å². The Balaban J connectivity index is 2.13. The fourth-order valence-corrected chi connectivity index (χ4v) is 1.49. The van der Waals surface area contributed by atoms with E-state index in [0.717, 1.165) is 26.2 Å². The molecule has 0 aromatic heterocycles. The molecule has 1 heterocycles. The molecule has 1 aliphatic rings. The van der Waals surface area contributed by atoms with Crippen LogP contribution in [0, 0.1) is 0 Å². The smallest absolute Gasteiger partial charge is 0.00767 e. The summed E-state index contributed by atoms with van der Waals surface area (Å²) in [7, 11) is 2.21. The Labute approximate surface area is 75.5 Å². The Hall–Kier alpha value is -0.120. The molecule has 0 atom stereocenters. The second kappa shape index (κ2) is 6.40. The lowest BCUT2D eigenvalue weighted by Gasteiger charge is -2.15. The quantitative estimate of drug-likeness (QED) is 0.532. The molecule has 0 aromatic carbocycles. The third-order valence-corrected chi connectivity index (χ3v) is 2.27. The normalized spacial score (nSPS) is 24.8. The molecule has 0 bridgehead atoms. The first-order valence-corrected chi connectivity index (χ1v) is 4.99. The summed E-state index contributed by atoms with van der Waals surface area (Å²) in [5, 5.41) is 6.83. The van der Waals surface area contributed by atoms with Crippen molar-refractivity contribution in [2.75, 3.05) is 46.3 Å². The monoisotopic (exact) mass is 171 g/mol. The van der Waals surface area contributed by atoms with Gasteiger partial charge in [0, 0.05) is 13.1 Å². The van der Waals surface area contributed by atoms with E-state index in [1.165, 1.54) is 25.9 Å². The Morgan fingerprint density at radius 3 is 1.83 bits per heavy atom. The van der Waals surface area contributed by atoms with E-state index in [9.17, 15) is 0 Å². The topological polar surface area (TPSA) is 27.3 Å². The predicted molar refractivity (Wildman–Crippen MR) is 52.5 cm³/mol. The van der Waals surface area contributed by atoms with Crippen molar-refractivity contribution in [1.29, 1.82) is 0 Å². The highest BCUT2D eigenvalue weighted by atomic mass is 15.1. The minimum Gasteiger partial charge on any atom is -0.315 e. The van der Waals surface area contributed by atoms with Gasteiger partial charge in [-0.25, -0.2) is 0 Å². The van der Waals surface area contributed by atoms with E-state index in [1.54, 1.807) is 0 Å². The highest BCUT2D eigenvalue weighted by Crippen LogP contribution is 1.89. The zero-order valence-corrected chi connectivity index (χ0v) is 8.10. The number of hydrogen-bond acceptors (Lipinski definition) is 3. The molecule has 1 saturated heterocycles. The van der Waals surface area contributed by atoms with E-state index < -0.39 is 0 Å². The first-order chi connectivity index (χ1) is 5.89. The third kappa shape index (κ3) is 4.70. The van der Waals surface area contributed by atoms with E-state index in [-0.39, 0.29) is 0 Å². The molecule has 0 amide bonds. The second-order valence-corrected chi connectivity index (χ2v) is 3.51. The molecule has 0 saturated carbocycles. The lowest BCUT2D eigenvalue weighted by Crippen LogP contribution is -2.28. The summed E-state index contributed by atoms with van der Waals surface area (Å²) in [6, 6.07) is 0. The minimum absolute atomic E-state index is 1.11. The lowest BCUT2D eigenvalue weighted by atomic mass is 10.3. The number of nitrogens with zero attached hydrogens (tertiary/aromatic N) is 1. The van der Waals surface area contributed by atoms with Gasteiger partial charge < -0.3 is 15.5 Å². The summed E-state index contributed by atoms with van der Waals surface area (Å²) in [4.78, 5) is 2.41. The van der Waals surface area contributed by atoms with Gasteiger partial charge in [-0.3, -0.25) is 0 Å². The van der Waals surface area contributed by atoms with Crippen LogP contribution >= 0.6 is 0 Å². The van der Waals surface area contributed by atoms with Gasteiger partial charge in [-0.15, -0.1) is 0 Å². The van der Waals surface area contributed by atoms with E-state index in [4.69, 9.17) is 0 Å². The Morgan fingerprint density at radius 1 is 0.833 bits per heavy atom. The predicted octanol–water partition coefficient (Wildman–Crippen LogP) is -0.109. The highest BCUT2D eigenvalue weighted by molar-refractivity contribution is 4.59. The fraction of sp³-hybridized carbons (Fsp3) is 1.00. The number of rotatable bonds is 0. The molecule has 0 spiro atoms. The molecule has 0 aliphatic carbocycles. The van der Waals surface area contributed by atoms with Gasteiger partial charge in [-0.2, -0.15) is 0 Å². The zero-order valence-electron chi connectivity index (χ0n) is 8.10. The highest BCUT2D eigenvalue weighted by Gasteiger charge is 1.99. The molecule has 12 heavy (non-hydrogen) atoms. The van der Waals surface area contributed by atoms with E-state index in [1.807, 2.05) is 0 Å². The van der Waals surface area contributed by atoms with Crippen LogP contribution in [-0.2, 0) is 0 Å². The molecule has 3 heteroatoms. The van der Waals surface area contributed by atoms with Crippen molar-refractivity contribution in [3.8, 4) is 0 Å². The Bertz CT molecular complexity index is 93.9. The van der Waals surface area contributed by atoms with Crippen LogP contribution in [0.2, 0.25) is 0 Å². The fourth-order valence-electron chi connectivity index (χ4n) is 1.49. The van der Waals surface area contributed by atoms with Crippen LogP contribution in [-0.4, -0.2) is 51.2 Å². The van der Waals surface area contributed by atoms with E-state index in [2.05, 4.69) is 22.6 Å². The maximum atomic E-state index is 3.41. The van der Waals surface area contributed by atoms with Crippen LogP contribution in [0.3, 0.4) is 0 Å². The van der Waals surface area contributed by atoms with Gasteiger partial charge in [-0.05, 0) is 46.1 Å². The largest absolute Gasteiger partial charge is 0.315 e. The molecular weight excluding hydrogens is 150 g/mol. The molecule has 1 rings (SSSR count). The summed E-state index contributed by atoms with van der Waals surface area (Å²) in [6.07, 6.45) is 2.55. The molecule has 1 fully saturated rings. The number of nitrogens with one attached hydrogen (secondary N) is 2. The average Bonchev–Trinajstić information content (AvgIpc) is 2.11. The van der Waals surface area contributed by atoms with Crippen LogP contribution in [0.1, 0.15) is 12.8 Å². The summed E-state index contributed by atoms with van der Waals surface area (Å²) >= 11 is 0. The Kier molecular flexibility index (Phi) is 5.32. The van der Waals surface area contributed by atoms with E-state index >= 15 is 0 Å². The van der Waals surface area contributed by atoms with Crippen LogP contribution in [0.5, 0.6) is 0 Å². The molecule has 0 radical (unpaired) electrons. The van der Waals surface area contributed by atoms with Gasteiger partial charge >= 0.3 is 0 Å². The number of hydrogen-bond donors (Lipinski definition) is 2. The van der Waals surface area contributed by atoms with Crippen LogP contribution < -0.4 is 10.6 Å². The standard InChI is InChI=1S/C9H21N3/c1-12-8-2-4-10-6-7-11-5-3-9-12/h10-11H,2-9H2,1H3.